The Kier molecular flexibility index (Phi) is 8.67. The minimum absolute atomic E-state index is 0.227. The third kappa shape index (κ3) is 5.71. The molecule has 2 aliphatic heterocycles. The van der Waals surface area contributed by atoms with E-state index in [1.165, 1.54) is 98.0 Å². The van der Waals surface area contributed by atoms with Gasteiger partial charge in [-0.1, -0.05) is 193 Å². The van der Waals surface area contributed by atoms with Gasteiger partial charge in [-0.05, 0) is 127 Å². The second-order valence-corrected chi connectivity index (χ2v) is 21.1. The number of anilines is 3. The van der Waals surface area contributed by atoms with Gasteiger partial charge in [0.05, 0.1) is 0 Å². The van der Waals surface area contributed by atoms with Crippen LogP contribution in [0, 0.1) is 20.8 Å². The van der Waals surface area contributed by atoms with Gasteiger partial charge in [-0.2, -0.15) is 0 Å². The zero-order chi connectivity index (χ0) is 42.2. The fourth-order valence-corrected chi connectivity index (χ4v) is 16.2. The highest BCUT2D eigenvalue weighted by Gasteiger charge is 2.49. The molecule has 10 aromatic rings. The molecule has 0 spiro atoms. The Morgan fingerprint density at radius 3 is 1.83 bits per heavy atom. The van der Waals surface area contributed by atoms with E-state index >= 15 is 0 Å². The van der Waals surface area contributed by atoms with Gasteiger partial charge >= 0.3 is 6.92 Å². The number of aryl methyl sites for hydroxylation is 3. The van der Waals surface area contributed by atoms with Crippen molar-refractivity contribution < 1.29 is 4.65 Å². The highest BCUT2D eigenvalue weighted by molar-refractivity contribution is 7.21. The zero-order valence-electron chi connectivity index (χ0n) is 35.6. The molecule has 63 heavy (non-hydrogen) atoms. The summed E-state index contributed by atoms with van der Waals surface area (Å²) in [6, 6.07) is 79.5. The summed E-state index contributed by atoms with van der Waals surface area (Å²) in [5.41, 5.74) is 14.5. The fourth-order valence-electron chi connectivity index (χ4n) is 11.1. The van der Waals surface area contributed by atoms with Crippen molar-refractivity contribution in [2.45, 2.75) is 20.8 Å². The molecule has 0 aromatic heterocycles. The molecular formula is C59H44BNOSi. The van der Waals surface area contributed by atoms with Gasteiger partial charge in [0.15, 0.2) is 8.07 Å². The smallest absolute Gasteiger partial charge is 0.427 e. The van der Waals surface area contributed by atoms with Crippen molar-refractivity contribution in [1.82, 2.24) is 0 Å². The van der Waals surface area contributed by atoms with Crippen molar-refractivity contribution in [3.05, 3.63) is 229 Å². The minimum atomic E-state index is -2.89. The molecule has 2 aliphatic rings. The topological polar surface area (TPSA) is 12.5 Å². The van der Waals surface area contributed by atoms with E-state index in [9.17, 15) is 0 Å². The Bertz CT molecular complexity index is 3370. The van der Waals surface area contributed by atoms with Gasteiger partial charge in [0.2, 0.25) is 0 Å². The van der Waals surface area contributed by atoms with E-state index in [0.717, 1.165) is 17.0 Å². The maximum absolute atomic E-state index is 6.99. The van der Waals surface area contributed by atoms with E-state index in [1.54, 1.807) is 0 Å². The molecule has 0 bridgehead atoms. The molecule has 0 fully saturated rings. The molecule has 2 nitrogen and oxygen atoms in total. The first-order valence-electron chi connectivity index (χ1n) is 22.0. The van der Waals surface area contributed by atoms with Crippen LogP contribution in [0.3, 0.4) is 0 Å². The fraction of sp³-hybridized carbons (Fsp3) is 0.0508. The summed E-state index contributed by atoms with van der Waals surface area (Å²) in [5, 5.41) is 10.5. The Morgan fingerprint density at radius 2 is 1.06 bits per heavy atom. The number of rotatable bonds is 5. The third-order valence-electron chi connectivity index (χ3n) is 13.7. The lowest BCUT2D eigenvalue weighted by molar-refractivity contribution is 0.590. The minimum Gasteiger partial charge on any atom is -0.551 e. The van der Waals surface area contributed by atoms with Gasteiger partial charge in [-0.3, -0.25) is 0 Å². The Hall–Kier alpha value is -7.40. The van der Waals surface area contributed by atoms with Crippen LogP contribution < -0.4 is 41.2 Å². The van der Waals surface area contributed by atoms with Crippen LogP contribution in [-0.4, -0.2) is 15.0 Å². The predicted molar refractivity (Wildman–Crippen MR) is 270 cm³/mol. The molecule has 0 unspecified atom stereocenters. The van der Waals surface area contributed by atoms with Crippen molar-refractivity contribution in [2.24, 2.45) is 0 Å². The number of hydrogen-bond donors (Lipinski definition) is 0. The summed E-state index contributed by atoms with van der Waals surface area (Å²) in [5.74, 6) is 0.913. The molecule has 0 saturated carbocycles. The SMILES string of the molecule is Cc1cc(C)c(B2Oc3ccccc3-c3cc(N4c5ccccc5[Si](c5ccccc5)(c5ccccc5)c5ccc(-c6cc7ccccc7c7ccccc67)cc54)ccc32)c(C)c1. The van der Waals surface area contributed by atoms with Crippen molar-refractivity contribution in [2.75, 3.05) is 4.90 Å². The summed E-state index contributed by atoms with van der Waals surface area (Å²) in [4.78, 5) is 2.56. The number of hydrogen-bond acceptors (Lipinski definition) is 2. The van der Waals surface area contributed by atoms with Crippen LogP contribution in [0.15, 0.2) is 212 Å². The van der Waals surface area contributed by atoms with Crippen molar-refractivity contribution in [1.29, 1.82) is 0 Å². The van der Waals surface area contributed by atoms with E-state index in [4.69, 9.17) is 4.65 Å². The van der Waals surface area contributed by atoms with Crippen LogP contribution >= 0.6 is 0 Å². The lowest BCUT2D eigenvalue weighted by Crippen LogP contribution is -2.77. The van der Waals surface area contributed by atoms with E-state index < -0.39 is 8.07 Å². The van der Waals surface area contributed by atoms with Crippen molar-refractivity contribution >= 4 is 85.3 Å². The van der Waals surface area contributed by atoms with Gasteiger partial charge in [-0.25, -0.2) is 0 Å². The van der Waals surface area contributed by atoms with E-state index in [-0.39, 0.29) is 6.92 Å². The first-order valence-corrected chi connectivity index (χ1v) is 24.0. The van der Waals surface area contributed by atoms with Gasteiger partial charge < -0.3 is 9.55 Å². The monoisotopic (exact) mass is 821 g/mol. The van der Waals surface area contributed by atoms with Crippen LogP contribution in [0.5, 0.6) is 5.75 Å². The zero-order valence-corrected chi connectivity index (χ0v) is 36.6. The molecule has 0 saturated heterocycles. The number of benzene rings is 10. The van der Waals surface area contributed by atoms with Crippen LogP contribution in [-0.2, 0) is 0 Å². The summed E-state index contributed by atoms with van der Waals surface area (Å²) in [7, 11) is -2.89. The van der Waals surface area contributed by atoms with Gasteiger partial charge in [-0.15, -0.1) is 0 Å². The normalized spacial score (nSPS) is 13.5. The predicted octanol–water partition coefficient (Wildman–Crippen LogP) is 10.9. The average molecular weight is 822 g/mol. The third-order valence-corrected chi connectivity index (χ3v) is 18.5. The molecule has 2 heterocycles. The van der Waals surface area contributed by atoms with Gasteiger partial charge in [0.1, 0.15) is 5.75 Å². The first kappa shape index (κ1) is 37.4. The summed E-state index contributed by atoms with van der Waals surface area (Å²) in [6.45, 7) is 6.40. The second-order valence-electron chi connectivity index (χ2n) is 17.3. The molecule has 0 N–H and O–H groups in total. The summed E-state index contributed by atoms with van der Waals surface area (Å²) < 4.78 is 6.99. The van der Waals surface area contributed by atoms with Crippen LogP contribution in [0.1, 0.15) is 16.7 Å². The van der Waals surface area contributed by atoms with Crippen molar-refractivity contribution in [3.8, 4) is 28.0 Å². The van der Waals surface area contributed by atoms with Crippen LogP contribution in [0.2, 0.25) is 0 Å². The molecule has 4 heteroatoms. The number of para-hydroxylation sites is 2. The molecular weight excluding hydrogens is 778 g/mol. The maximum atomic E-state index is 6.99. The highest BCUT2D eigenvalue weighted by atomic mass is 28.3. The van der Waals surface area contributed by atoms with Crippen LogP contribution in [0.25, 0.3) is 43.8 Å². The lowest BCUT2D eigenvalue weighted by Gasteiger charge is -2.45. The quantitative estimate of drug-likeness (QED) is 0.127. The number of nitrogens with zero attached hydrogens (tertiary/aromatic N) is 1. The van der Waals surface area contributed by atoms with Crippen LogP contribution in [0.4, 0.5) is 17.1 Å². The van der Waals surface area contributed by atoms with Crippen molar-refractivity contribution in [3.63, 3.8) is 0 Å². The summed E-state index contributed by atoms with van der Waals surface area (Å²) >= 11 is 0. The lowest BCUT2D eigenvalue weighted by atomic mass is 9.50. The largest absolute Gasteiger partial charge is 0.551 e. The van der Waals surface area contributed by atoms with Gasteiger partial charge in [0, 0.05) is 22.6 Å². The maximum Gasteiger partial charge on any atom is 0.427 e. The van der Waals surface area contributed by atoms with E-state index in [1.807, 2.05) is 0 Å². The molecule has 0 amide bonds. The molecule has 298 valence electrons. The Morgan fingerprint density at radius 1 is 0.444 bits per heavy atom. The highest BCUT2D eigenvalue weighted by Crippen LogP contribution is 2.44. The van der Waals surface area contributed by atoms with E-state index in [0.29, 0.717) is 0 Å². The molecule has 10 aromatic carbocycles. The Balaban J connectivity index is 1.16. The standard InChI is InChI=1S/C59H44BNOSi/c1-39-34-40(2)59(41(3)35-39)60-53-32-31-44(38-52(53)50-26-14-16-28-56(50)62-60)61-54-27-15-17-29-57(54)63(45-19-6-4-7-20-45,46-21-8-5-9-22-46)58-33-30-43(37-55(58)61)51-36-42-18-10-11-23-47(42)48-24-12-13-25-49(48)51/h4-38H,1-3H3. The first-order chi connectivity index (χ1) is 31.0. The molecule has 0 aliphatic carbocycles. The van der Waals surface area contributed by atoms with E-state index in [2.05, 4.69) is 238 Å². The summed E-state index contributed by atoms with van der Waals surface area (Å²) in [6.07, 6.45) is 0. The molecule has 0 radical (unpaired) electrons. The second kappa shape index (κ2) is 14.6. The number of fused-ring (bicyclic) bond motifs is 8. The molecule has 0 atom stereocenters. The Labute approximate surface area is 370 Å². The average Bonchev–Trinajstić information content (AvgIpc) is 3.33. The molecule has 12 rings (SSSR count). The van der Waals surface area contributed by atoms with Gasteiger partial charge in [0.25, 0.3) is 0 Å².